The molecule has 0 saturated heterocycles. The Hall–Kier alpha value is -1.45. The summed E-state index contributed by atoms with van der Waals surface area (Å²) in [5.74, 6) is -0.779. The van der Waals surface area contributed by atoms with Gasteiger partial charge in [0.05, 0.1) is 6.10 Å². The van der Waals surface area contributed by atoms with Crippen molar-refractivity contribution in [3.05, 3.63) is 69.7 Å². The average molecular weight is 283 g/mol. The van der Waals surface area contributed by atoms with E-state index >= 15 is 0 Å². The number of hydrogen-bond donors (Lipinski definition) is 1. The number of aliphatic hydroxyl groups excluding tert-OH is 1. The Morgan fingerprint density at radius 2 is 1.84 bits per heavy atom. The minimum absolute atomic E-state index is 0.119. The molecule has 0 spiro atoms. The predicted octanol–water partition coefficient (Wildman–Crippen LogP) is 4.20. The van der Waals surface area contributed by atoms with E-state index in [1.807, 2.05) is 0 Å². The van der Waals surface area contributed by atoms with Crippen LogP contribution in [0.3, 0.4) is 0 Å². The van der Waals surface area contributed by atoms with Crippen molar-refractivity contribution in [2.75, 3.05) is 0 Å². The molecule has 0 radical (unpaired) electrons. The van der Waals surface area contributed by atoms with Gasteiger partial charge >= 0.3 is 0 Å². The van der Waals surface area contributed by atoms with Crippen molar-refractivity contribution in [2.45, 2.75) is 19.4 Å². The molecule has 0 aromatic heterocycles. The summed E-state index contributed by atoms with van der Waals surface area (Å²) >= 11 is 5.66. The molecule has 1 unspecified atom stereocenters. The van der Waals surface area contributed by atoms with Crippen LogP contribution in [0.25, 0.3) is 0 Å². The molecule has 0 aliphatic heterocycles. The summed E-state index contributed by atoms with van der Waals surface area (Å²) in [5.41, 5.74) is 1.39. The molecular formula is C15H13ClF2O. The number of aryl methyl sites for hydroxylation is 1. The summed E-state index contributed by atoms with van der Waals surface area (Å²) in [5, 5.41) is 10.4. The minimum atomic E-state index is -0.880. The lowest BCUT2D eigenvalue weighted by atomic mass is 9.99. The molecule has 100 valence electrons. The average Bonchev–Trinajstić information content (AvgIpc) is 2.36. The van der Waals surface area contributed by atoms with Crippen LogP contribution in [0.15, 0.2) is 36.4 Å². The van der Waals surface area contributed by atoms with Crippen LogP contribution >= 0.6 is 11.6 Å². The maximum Gasteiger partial charge on any atom is 0.127 e. The van der Waals surface area contributed by atoms with Crippen LogP contribution in [-0.2, 0) is 6.42 Å². The molecule has 2 aromatic rings. The Labute approximate surface area is 115 Å². The molecule has 1 nitrogen and oxygen atoms in total. The van der Waals surface area contributed by atoms with Crippen LogP contribution in [0.5, 0.6) is 0 Å². The van der Waals surface area contributed by atoms with Crippen LogP contribution in [0.2, 0.25) is 5.02 Å². The van der Waals surface area contributed by atoms with Crippen LogP contribution in [-0.4, -0.2) is 5.11 Å². The monoisotopic (exact) mass is 282 g/mol. The van der Waals surface area contributed by atoms with Crippen molar-refractivity contribution in [1.82, 2.24) is 0 Å². The van der Waals surface area contributed by atoms with Gasteiger partial charge in [0.25, 0.3) is 0 Å². The van der Waals surface area contributed by atoms with Gasteiger partial charge in [-0.15, -0.1) is 0 Å². The van der Waals surface area contributed by atoms with Crippen LogP contribution in [0, 0.1) is 18.6 Å². The summed E-state index contributed by atoms with van der Waals surface area (Å²) < 4.78 is 26.8. The van der Waals surface area contributed by atoms with E-state index in [0.717, 1.165) is 0 Å². The standard InChI is InChI=1S/C15H13ClF2O/c1-9-6-11(3-5-13(9)17)15(19)7-10-2-4-12(16)8-14(10)18/h2-6,8,15,19H,7H2,1H3. The number of aliphatic hydroxyl groups is 1. The van der Waals surface area contributed by atoms with Gasteiger partial charge in [-0.25, -0.2) is 8.78 Å². The summed E-state index contributed by atoms with van der Waals surface area (Å²) in [6.07, 6.45) is -0.761. The highest BCUT2D eigenvalue weighted by atomic mass is 35.5. The van der Waals surface area contributed by atoms with Crippen molar-refractivity contribution in [2.24, 2.45) is 0 Å². The zero-order valence-corrected chi connectivity index (χ0v) is 11.1. The van der Waals surface area contributed by atoms with E-state index in [2.05, 4.69) is 0 Å². The topological polar surface area (TPSA) is 20.2 Å². The molecule has 4 heteroatoms. The van der Waals surface area contributed by atoms with E-state index in [0.29, 0.717) is 21.7 Å². The van der Waals surface area contributed by atoms with Crippen LogP contribution in [0.1, 0.15) is 22.8 Å². The largest absolute Gasteiger partial charge is 0.388 e. The number of hydrogen-bond acceptors (Lipinski definition) is 1. The summed E-state index contributed by atoms with van der Waals surface area (Å²) in [6, 6.07) is 8.68. The Balaban J connectivity index is 2.20. The number of benzene rings is 2. The molecule has 2 aromatic carbocycles. The fourth-order valence-corrected chi connectivity index (χ4v) is 2.05. The highest BCUT2D eigenvalue weighted by Gasteiger charge is 2.13. The van der Waals surface area contributed by atoms with Crippen molar-refractivity contribution < 1.29 is 13.9 Å². The van der Waals surface area contributed by atoms with Gasteiger partial charge in [-0.1, -0.05) is 29.8 Å². The van der Waals surface area contributed by atoms with Gasteiger partial charge < -0.3 is 5.11 Å². The molecular weight excluding hydrogens is 270 g/mol. The van der Waals surface area contributed by atoms with E-state index in [9.17, 15) is 13.9 Å². The fraction of sp³-hybridized carbons (Fsp3) is 0.200. The van der Waals surface area contributed by atoms with Gasteiger partial charge in [0.15, 0.2) is 0 Å². The Morgan fingerprint density at radius 3 is 2.47 bits per heavy atom. The molecule has 19 heavy (non-hydrogen) atoms. The van der Waals surface area contributed by atoms with Crippen molar-refractivity contribution in [3.8, 4) is 0 Å². The third-order valence-electron chi connectivity index (χ3n) is 3.00. The van der Waals surface area contributed by atoms with E-state index in [1.54, 1.807) is 19.1 Å². The van der Waals surface area contributed by atoms with Gasteiger partial charge in [0, 0.05) is 11.4 Å². The van der Waals surface area contributed by atoms with Gasteiger partial charge in [0.1, 0.15) is 11.6 Å². The molecule has 0 saturated carbocycles. The maximum absolute atomic E-state index is 13.6. The number of rotatable bonds is 3. The van der Waals surface area contributed by atoms with Crippen molar-refractivity contribution in [3.63, 3.8) is 0 Å². The maximum atomic E-state index is 13.6. The first-order chi connectivity index (χ1) is 8.97. The quantitative estimate of drug-likeness (QED) is 0.894. The lowest BCUT2D eigenvalue weighted by molar-refractivity contribution is 0.177. The molecule has 0 aliphatic rings. The molecule has 0 bridgehead atoms. The molecule has 0 heterocycles. The van der Waals surface area contributed by atoms with Gasteiger partial charge in [-0.05, 0) is 41.8 Å². The lowest BCUT2D eigenvalue weighted by Crippen LogP contribution is -2.04. The molecule has 1 N–H and O–H groups in total. The van der Waals surface area contributed by atoms with Crippen LogP contribution in [0.4, 0.5) is 8.78 Å². The normalized spacial score (nSPS) is 12.5. The second kappa shape index (κ2) is 5.68. The first-order valence-electron chi connectivity index (χ1n) is 5.85. The highest BCUT2D eigenvalue weighted by molar-refractivity contribution is 6.30. The van der Waals surface area contributed by atoms with Gasteiger partial charge in [-0.2, -0.15) is 0 Å². The second-order valence-corrected chi connectivity index (χ2v) is 4.90. The molecule has 1 atom stereocenters. The smallest absolute Gasteiger partial charge is 0.127 e. The first kappa shape index (κ1) is 14.0. The predicted molar refractivity (Wildman–Crippen MR) is 71.2 cm³/mol. The van der Waals surface area contributed by atoms with E-state index in [-0.39, 0.29) is 12.2 Å². The first-order valence-corrected chi connectivity index (χ1v) is 6.23. The van der Waals surface area contributed by atoms with Crippen LogP contribution < -0.4 is 0 Å². The third kappa shape index (κ3) is 3.31. The molecule has 0 aliphatic carbocycles. The molecule has 2 rings (SSSR count). The fourth-order valence-electron chi connectivity index (χ4n) is 1.89. The summed E-state index contributed by atoms with van der Waals surface area (Å²) in [7, 11) is 0. The zero-order chi connectivity index (χ0) is 14.0. The Kier molecular flexibility index (Phi) is 4.17. The van der Waals surface area contributed by atoms with Gasteiger partial charge in [0.2, 0.25) is 0 Å². The third-order valence-corrected chi connectivity index (χ3v) is 3.23. The van der Waals surface area contributed by atoms with Crippen molar-refractivity contribution >= 4 is 11.6 Å². The molecule has 0 fully saturated rings. The van der Waals surface area contributed by atoms with Gasteiger partial charge in [-0.3, -0.25) is 0 Å². The van der Waals surface area contributed by atoms with E-state index in [1.165, 1.54) is 24.3 Å². The Morgan fingerprint density at radius 1 is 1.11 bits per heavy atom. The minimum Gasteiger partial charge on any atom is -0.388 e. The summed E-state index contributed by atoms with van der Waals surface area (Å²) in [4.78, 5) is 0. The lowest BCUT2D eigenvalue weighted by Gasteiger charge is -2.13. The SMILES string of the molecule is Cc1cc(C(O)Cc2ccc(Cl)cc2F)ccc1F. The molecule has 0 amide bonds. The summed E-state index contributed by atoms with van der Waals surface area (Å²) in [6.45, 7) is 1.62. The highest BCUT2D eigenvalue weighted by Crippen LogP contribution is 2.23. The van der Waals surface area contributed by atoms with Crippen molar-refractivity contribution in [1.29, 1.82) is 0 Å². The number of halogens is 3. The van der Waals surface area contributed by atoms with E-state index < -0.39 is 11.9 Å². The Bertz CT molecular complexity index is 599. The zero-order valence-electron chi connectivity index (χ0n) is 10.3. The van der Waals surface area contributed by atoms with E-state index in [4.69, 9.17) is 11.6 Å². The second-order valence-electron chi connectivity index (χ2n) is 4.46.